The van der Waals surface area contributed by atoms with Gasteiger partial charge in [-0.2, -0.15) is 4.79 Å². The fourth-order valence-electron chi connectivity index (χ4n) is 0.741. The zero-order valence-corrected chi connectivity index (χ0v) is 7.90. The number of hydrogen-bond acceptors (Lipinski definition) is 1. The van der Waals surface area contributed by atoms with Crippen molar-refractivity contribution >= 4 is 40.5 Å². The summed E-state index contributed by atoms with van der Waals surface area (Å²) in [4.78, 5) is 2.78. The molecule has 12 heavy (non-hydrogen) atoms. The Morgan fingerprint density at radius 3 is 2.42 bits per heavy atom. The van der Waals surface area contributed by atoms with Crippen LogP contribution in [0.25, 0.3) is 5.53 Å². The SMILES string of the molecule is [N-]=[N+]=C1C(Cl)=C(Cl)C(Cl)=CC1O. The quantitative estimate of drug-likeness (QED) is 0.496. The van der Waals surface area contributed by atoms with Crippen LogP contribution in [0.3, 0.4) is 0 Å². The molecule has 64 valence electrons. The van der Waals surface area contributed by atoms with Crippen molar-refractivity contribution in [2.75, 3.05) is 0 Å². The summed E-state index contributed by atoms with van der Waals surface area (Å²) in [5.41, 5.74) is 8.31. The molecule has 6 heteroatoms. The maximum atomic E-state index is 9.20. The highest BCUT2D eigenvalue weighted by Crippen LogP contribution is 2.30. The molecule has 0 aromatic carbocycles. The summed E-state index contributed by atoms with van der Waals surface area (Å²) in [5, 5.41) is 9.36. The van der Waals surface area contributed by atoms with Gasteiger partial charge in [-0.25, -0.2) is 0 Å². The van der Waals surface area contributed by atoms with Crippen molar-refractivity contribution in [2.24, 2.45) is 0 Å². The van der Waals surface area contributed by atoms with Gasteiger partial charge in [-0.3, -0.25) is 0 Å². The second-order valence-electron chi connectivity index (χ2n) is 2.07. The van der Waals surface area contributed by atoms with E-state index in [1.165, 1.54) is 6.08 Å². The van der Waals surface area contributed by atoms with Gasteiger partial charge in [0.05, 0.1) is 10.1 Å². The minimum absolute atomic E-state index is 0.0424. The highest BCUT2D eigenvalue weighted by molar-refractivity contribution is 6.54. The third-order valence-electron chi connectivity index (χ3n) is 1.32. The predicted octanol–water partition coefficient (Wildman–Crippen LogP) is 1.84. The average molecular weight is 225 g/mol. The third kappa shape index (κ3) is 1.56. The first-order chi connectivity index (χ1) is 5.57. The van der Waals surface area contributed by atoms with Crippen LogP contribution >= 0.6 is 34.8 Å². The summed E-state index contributed by atoms with van der Waals surface area (Å²) in [6.45, 7) is 0. The zero-order valence-electron chi connectivity index (χ0n) is 5.63. The summed E-state index contributed by atoms with van der Waals surface area (Å²) >= 11 is 16.8. The first-order valence-electron chi connectivity index (χ1n) is 2.91. The smallest absolute Gasteiger partial charge is 0.344 e. The number of halogens is 3. The van der Waals surface area contributed by atoms with E-state index in [4.69, 9.17) is 40.3 Å². The van der Waals surface area contributed by atoms with E-state index in [9.17, 15) is 5.11 Å². The normalized spacial score (nSPS) is 23.8. The van der Waals surface area contributed by atoms with E-state index in [1.807, 2.05) is 0 Å². The second-order valence-corrected chi connectivity index (χ2v) is 3.24. The molecular weight excluding hydrogens is 222 g/mol. The van der Waals surface area contributed by atoms with Crippen LogP contribution in [-0.2, 0) is 0 Å². The number of allylic oxidation sites excluding steroid dienone is 2. The predicted molar refractivity (Wildman–Crippen MR) is 47.3 cm³/mol. The van der Waals surface area contributed by atoms with E-state index in [1.54, 1.807) is 0 Å². The molecule has 0 aromatic heterocycles. The molecule has 0 amide bonds. The summed E-state index contributed by atoms with van der Waals surface area (Å²) < 4.78 is 0. The van der Waals surface area contributed by atoms with Gasteiger partial charge in [-0.1, -0.05) is 34.8 Å². The lowest BCUT2D eigenvalue weighted by Crippen LogP contribution is -2.23. The van der Waals surface area contributed by atoms with Gasteiger partial charge < -0.3 is 10.6 Å². The first kappa shape index (κ1) is 9.78. The van der Waals surface area contributed by atoms with Gasteiger partial charge in [0, 0.05) is 0 Å². The fourth-order valence-corrected chi connectivity index (χ4v) is 1.41. The third-order valence-corrected chi connectivity index (χ3v) is 2.60. The Balaban J connectivity index is 3.26. The Hall–Kier alpha value is -0.310. The number of nitrogens with zero attached hydrogens (tertiary/aromatic N) is 2. The van der Waals surface area contributed by atoms with Gasteiger partial charge in [0.25, 0.3) is 0 Å². The van der Waals surface area contributed by atoms with Crippen molar-refractivity contribution in [1.82, 2.24) is 0 Å². The second kappa shape index (κ2) is 3.60. The summed E-state index contributed by atoms with van der Waals surface area (Å²) in [6, 6.07) is 0. The number of rotatable bonds is 0. The lowest BCUT2D eigenvalue weighted by molar-refractivity contribution is -0.0156. The molecule has 1 atom stereocenters. The molecule has 0 aromatic rings. The molecule has 0 saturated heterocycles. The van der Waals surface area contributed by atoms with Gasteiger partial charge in [0.1, 0.15) is 5.03 Å². The van der Waals surface area contributed by atoms with E-state index in [2.05, 4.69) is 4.79 Å². The van der Waals surface area contributed by atoms with Crippen LogP contribution in [-0.4, -0.2) is 21.7 Å². The summed E-state index contributed by atoms with van der Waals surface area (Å²) in [6.07, 6.45) is 0.114. The minimum atomic E-state index is -1.11. The number of aliphatic hydroxyl groups excluding tert-OH is 1. The molecule has 0 radical (unpaired) electrons. The molecule has 1 aliphatic rings. The van der Waals surface area contributed by atoms with Crippen LogP contribution < -0.4 is 0 Å². The van der Waals surface area contributed by atoms with Crippen molar-refractivity contribution < 1.29 is 9.90 Å². The van der Waals surface area contributed by atoms with E-state index in [-0.39, 0.29) is 20.8 Å². The largest absolute Gasteiger partial charge is 0.377 e. The van der Waals surface area contributed by atoms with Crippen LogP contribution in [0.15, 0.2) is 21.2 Å². The fraction of sp³-hybridized carbons (Fsp3) is 0.167. The number of hydrogen-bond donors (Lipinski definition) is 1. The minimum Gasteiger partial charge on any atom is -0.377 e. The summed E-state index contributed by atoms with van der Waals surface area (Å²) in [7, 11) is 0. The molecule has 1 N–H and O–H groups in total. The van der Waals surface area contributed by atoms with Gasteiger partial charge in [0.15, 0.2) is 6.10 Å². The van der Waals surface area contributed by atoms with Crippen LogP contribution in [0.5, 0.6) is 0 Å². The summed E-state index contributed by atoms with van der Waals surface area (Å²) in [5.74, 6) is 0. The Kier molecular flexibility index (Phi) is 2.94. The molecule has 1 aliphatic carbocycles. The lowest BCUT2D eigenvalue weighted by atomic mass is 10.1. The van der Waals surface area contributed by atoms with Crippen LogP contribution in [0.4, 0.5) is 0 Å². The van der Waals surface area contributed by atoms with Crippen LogP contribution in [0.1, 0.15) is 0 Å². The van der Waals surface area contributed by atoms with Gasteiger partial charge in [0.2, 0.25) is 0 Å². The molecule has 0 saturated carbocycles. The molecule has 0 fully saturated rings. The van der Waals surface area contributed by atoms with E-state index in [0.29, 0.717) is 0 Å². The lowest BCUT2D eigenvalue weighted by Gasteiger charge is -2.08. The van der Waals surface area contributed by atoms with E-state index >= 15 is 0 Å². The van der Waals surface area contributed by atoms with Crippen molar-refractivity contribution in [3.63, 3.8) is 0 Å². The topological polar surface area (TPSA) is 56.6 Å². The Morgan fingerprint density at radius 1 is 1.33 bits per heavy atom. The van der Waals surface area contributed by atoms with Gasteiger partial charge in [-0.05, 0) is 6.08 Å². The molecule has 0 aliphatic heterocycles. The van der Waals surface area contributed by atoms with Crippen molar-refractivity contribution in [1.29, 1.82) is 0 Å². The van der Waals surface area contributed by atoms with Crippen molar-refractivity contribution in [3.05, 3.63) is 26.7 Å². The van der Waals surface area contributed by atoms with Crippen LogP contribution in [0, 0.1) is 0 Å². The monoisotopic (exact) mass is 224 g/mol. The van der Waals surface area contributed by atoms with E-state index < -0.39 is 6.10 Å². The average Bonchev–Trinajstić information content (AvgIpc) is 2.01. The molecule has 1 unspecified atom stereocenters. The van der Waals surface area contributed by atoms with E-state index in [0.717, 1.165) is 0 Å². The molecule has 3 nitrogen and oxygen atoms in total. The zero-order chi connectivity index (χ0) is 9.30. The number of aliphatic hydroxyl groups is 1. The standard InChI is InChI=1S/C6H3Cl3N2O/c7-2-1-3(12)6(11-10)5(9)4(2)8/h1,3,12H. The molecule has 0 heterocycles. The molecule has 0 spiro atoms. The van der Waals surface area contributed by atoms with Crippen LogP contribution in [0.2, 0.25) is 0 Å². The van der Waals surface area contributed by atoms with Crippen molar-refractivity contribution in [2.45, 2.75) is 6.10 Å². The molecular formula is C6H3Cl3N2O. The molecule has 1 rings (SSSR count). The first-order valence-corrected chi connectivity index (χ1v) is 4.04. The Bertz CT molecular complexity index is 328. The Labute approximate surface area is 83.5 Å². The highest BCUT2D eigenvalue weighted by atomic mass is 35.5. The van der Waals surface area contributed by atoms with Gasteiger partial charge >= 0.3 is 5.71 Å². The highest BCUT2D eigenvalue weighted by Gasteiger charge is 2.31. The molecule has 0 bridgehead atoms. The maximum Gasteiger partial charge on any atom is 0.344 e. The van der Waals surface area contributed by atoms with Gasteiger partial charge in [-0.15, -0.1) is 0 Å². The Morgan fingerprint density at radius 2 is 1.92 bits per heavy atom. The van der Waals surface area contributed by atoms with Crippen molar-refractivity contribution in [3.8, 4) is 0 Å². The maximum absolute atomic E-state index is 9.20.